The first-order valence-corrected chi connectivity index (χ1v) is 6.23. The van der Waals surface area contributed by atoms with Crippen molar-refractivity contribution in [3.8, 4) is 0 Å². The van der Waals surface area contributed by atoms with E-state index in [9.17, 15) is 0 Å². The Hall–Kier alpha value is -0.710. The zero-order chi connectivity index (χ0) is 11.1. The van der Waals surface area contributed by atoms with Gasteiger partial charge in [-0.25, -0.2) is 9.97 Å². The zero-order valence-electron chi connectivity index (χ0n) is 8.37. The van der Waals surface area contributed by atoms with Crippen LogP contribution in [-0.4, -0.2) is 23.1 Å². The predicted molar refractivity (Wildman–Crippen MR) is 67.9 cm³/mol. The Kier molecular flexibility index (Phi) is 2.58. The molecule has 3 rings (SSSR count). The second kappa shape index (κ2) is 3.95. The quantitative estimate of drug-likeness (QED) is 0.880. The molecule has 2 aromatic rings. The van der Waals surface area contributed by atoms with Gasteiger partial charge in [-0.3, -0.25) is 0 Å². The highest BCUT2D eigenvalue weighted by atomic mass is 79.9. The van der Waals surface area contributed by atoms with Crippen molar-refractivity contribution in [3.63, 3.8) is 0 Å². The molecule has 0 saturated carbocycles. The van der Waals surface area contributed by atoms with E-state index < -0.39 is 0 Å². The molecule has 0 atom stereocenters. The average molecular weight is 299 g/mol. The van der Waals surface area contributed by atoms with Gasteiger partial charge in [-0.05, 0) is 28.1 Å². The Labute approximate surface area is 106 Å². The molecule has 0 radical (unpaired) electrons. The third kappa shape index (κ3) is 1.61. The fourth-order valence-corrected chi connectivity index (χ4v) is 2.37. The Morgan fingerprint density at radius 3 is 2.81 bits per heavy atom. The van der Waals surface area contributed by atoms with Crippen LogP contribution in [0, 0.1) is 0 Å². The van der Waals surface area contributed by atoms with Crippen LogP contribution in [0.4, 0.5) is 0 Å². The Balaban J connectivity index is 2.24. The Morgan fingerprint density at radius 2 is 2.12 bits per heavy atom. The fraction of sp³-hybridized carbons (Fsp3) is 0.273. The van der Waals surface area contributed by atoms with E-state index >= 15 is 0 Å². The van der Waals surface area contributed by atoms with E-state index in [0.29, 0.717) is 10.9 Å². The summed E-state index contributed by atoms with van der Waals surface area (Å²) < 4.78 is 0.873. The van der Waals surface area contributed by atoms with Gasteiger partial charge in [-0.1, -0.05) is 11.6 Å². The highest BCUT2D eigenvalue weighted by Crippen LogP contribution is 2.31. The van der Waals surface area contributed by atoms with Crippen molar-refractivity contribution in [1.82, 2.24) is 15.3 Å². The number of fused-ring (bicyclic) bond motifs is 1. The van der Waals surface area contributed by atoms with Crippen LogP contribution in [0.5, 0.6) is 0 Å². The van der Waals surface area contributed by atoms with Crippen molar-refractivity contribution in [3.05, 3.63) is 33.6 Å². The number of aromatic nitrogens is 2. The van der Waals surface area contributed by atoms with Crippen LogP contribution in [0.3, 0.4) is 0 Å². The lowest BCUT2D eigenvalue weighted by atomic mass is 9.96. The van der Waals surface area contributed by atoms with Crippen LogP contribution in [0.25, 0.3) is 10.9 Å². The summed E-state index contributed by atoms with van der Waals surface area (Å²) in [7, 11) is 0. The fourth-order valence-electron chi connectivity index (χ4n) is 1.88. The van der Waals surface area contributed by atoms with E-state index in [1.807, 2.05) is 12.1 Å². The molecule has 0 amide bonds. The smallest absolute Gasteiger partial charge is 0.116 e. The average Bonchev–Trinajstić information content (AvgIpc) is 2.18. The van der Waals surface area contributed by atoms with Crippen molar-refractivity contribution in [2.45, 2.75) is 5.92 Å². The third-order valence-corrected chi connectivity index (χ3v) is 4.07. The molecule has 3 nitrogen and oxygen atoms in total. The van der Waals surface area contributed by atoms with Crippen molar-refractivity contribution in [1.29, 1.82) is 0 Å². The molecular weight excluding hydrogens is 289 g/mol. The maximum absolute atomic E-state index is 6.11. The van der Waals surface area contributed by atoms with Crippen LogP contribution in [0.2, 0.25) is 5.02 Å². The van der Waals surface area contributed by atoms with E-state index in [2.05, 4.69) is 31.2 Å². The van der Waals surface area contributed by atoms with Gasteiger partial charge in [0.05, 0.1) is 16.2 Å². The summed E-state index contributed by atoms with van der Waals surface area (Å²) in [6.45, 7) is 1.97. The van der Waals surface area contributed by atoms with Crippen LogP contribution < -0.4 is 5.32 Å². The lowest BCUT2D eigenvalue weighted by Crippen LogP contribution is -2.40. The first-order valence-electron chi connectivity index (χ1n) is 5.06. The van der Waals surface area contributed by atoms with Gasteiger partial charge in [0.2, 0.25) is 0 Å². The van der Waals surface area contributed by atoms with Crippen LogP contribution >= 0.6 is 27.5 Å². The van der Waals surface area contributed by atoms with Gasteiger partial charge in [-0.15, -0.1) is 0 Å². The number of benzene rings is 1. The molecule has 0 aliphatic carbocycles. The number of nitrogens with zero attached hydrogens (tertiary/aromatic N) is 2. The van der Waals surface area contributed by atoms with Crippen molar-refractivity contribution in [2.75, 3.05) is 13.1 Å². The van der Waals surface area contributed by atoms with Gasteiger partial charge in [-0.2, -0.15) is 0 Å². The summed E-state index contributed by atoms with van der Waals surface area (Å²) in [5, 5.41) is 5.01. The van der Waals surface area contributed by atoms with E-state index in [4.69, 9.17) is 11.6 Å². The minimum atomic E-state index is 0.489. The first-order chi connectivity index (χ1) is 7.75. The topological polar surface area (TPSA) is 37.8 Å². The molecule has 1 saturated heterocycles. The summed E-state index contributed by atoms with van der Waals surface area (Å²) in [4.78, 5) is 8.64. The maximum Gasteiger partial charge on any atom is 0.116 e. The van der Waals surface area contributed by atoms with E-state index in [1.165, 1.54) is 0 Å². The normalized spacial score (nSPS) is 16.4. The number of hydrogen-bond donors (Lipinski definition) is 1. The summed E-state index contributed by atoms with van der Waals surface area (Å²) >= 11 is 9.51. The molecule has 82 valence electrons. The number of rotatable bonds is 1. The lowest BCUT2D eigenvalue weighted by Gasteiger charge is -2.27. The minimum absolute atomic E-state index is 0.489. The van der Waals surface area contributed by atoms with Gasteiger partial charge >= 0.3 is 0 Å². The second-order valence-corrected chi connectivity index (χ2v) is 5.16. The molecule has 5 heteroatoms. The van der Waals surface area contributed by atoms with Crippen molar-refractivity contribution < 1.29 is 0 Å². The van der Waals surface area contributed by atoms with Crippen LogP contribution in [0.15, 0.2) is 22.9 Å². The highest BCUT2D eigenvalue weighted by Gasteiger charge is 2.22. The molecule has 1 aromatic carbocycles. The van der Waals surface area contributed by atoms with E-state index in [-0.39, 0.29) is 0 Å². The summed E-state index contributed by atoms with van der Waals surface area (Å²) in [5.74, 6) is 0.489. The monoisotopic (exact) mass is 297 g/mol. The Morgan fingerprint density at radius 1 is 1.31 bits per heavy atom. The highest BCUT2D eigenvalue weighted by molar-refractivity contribution is 9.10. The van der Waals surface area contributed by atoms with Crippen LogP contribution in [0.1, 0.15) is 11.6 Å². The Bertz CT molecular complexity index is 554. The maximum atomic E-state index is 6.11. The van der Waals surface area contributed by atoms with Gasteiger partial charge < -0.3 is 5.32 Å². The van der Waals surface area contributed by atoms with Gasteiger partial charge in [0, 0.05) is 28.9 Å². The molecule has 1 fully saturated rings. The summed E-state index contributed by atoms with van der Waals surface area (Å²) in [5.41, 5.74) is 2.03. The largest absolute Gasteiger partial charge is 0.315 e. The second-order valence-electron chi connectivity index (χ2n) is 3.90. The summed E-state index contributed by atoms with van der Waals surface area (Å²) in [6, 6.07) is 3.88. The minimum Gasteiger partial charge on any atom is -0.315 e. The molecule has 2 heterocycles. The van der Waals surface area contributed by atoms with Crippen LogP contribution in [-0.2, 0) is 0 Å². The lowest BCUT2D eigenvalue weighted by molar-refractivity contribution is 0.442. The number of halogens is 2. The van der Waals surface area contributed by atoms with E-state index in [0.717, 1.165) is 34.2 Å². The van der Waals surface area contributed by atoms with Gasteiger partial charge in [0.25, 0.3) is 0 Å². The van der Waals surface area contributed by atoms with Gasteiger partial charge in [0.1, 0.15) is 6.33 Å². The van der Waals surface area contributed by atoms with E-state index in [1.54, 1.807) is 6.33 Å². The summed E-state index contributed by atoms with van der Waals surface area (Å²) in [6.07, 6.45) is 1.62. The van der Waals surface area contributed by atoms with Gasteiger partial charge in [0.15, 0.2) is 0 Å². The standard InChI is InChI=1S/C11H9BrClN3/c12-8-2-10-7(1-9(8)13)11(16-5-15-10)6-3-14-4-6/h1-2,5-6,14H,3-4H2. The van der Waals surface area contributed by atoms with Crippen molar-refractivity contribution >= 4 is 38.4 Å². The molecule has 0 unspecified atom stereocenters. The molecule has 0 spiro atoms. The SMILES string of the molecule is Clc1cc2c(C3CNC3)ncnc2cc1Br. The third-order valence-electron chi connectivity index (χ3n) is 2.88. The molecule has 16 heavy (non-hydrogen) atoms. The number of hydrogen-bond acceptors (Lipinski definition) is 3. The predicted octanol–water partition coefficient (Wildman–Crippen LogP) is 2.73. The molecule has 1 aliphatic rings. The molecule has 1 aromatic heterocycles. The first kappa shape index (κ1) is 10.4. The van der Waals surface area contributed by atoms with Crippen molar-refractivity contribution in [2.24, 2.45) is 0 Å². The molecular formula is C11H9BrClN3. The molecule has 1 aliphatic heterocycles. The zero-order valence-corrected chi connectivity index (χ0v) is 10.7. The molecule has 1 N–H and O–H groups in total. The number of nitrogens with one attached hydrogen (secondary N) is 1. The molecule has 0 bridgehead atoms.